The minimum Gasteiger partial charge on any atom is -0.507 e. The fraction of sp³-hybridized carbons (Fsp3) is 0.458. The molecule has 7 nitrogen and oxygen atoms in total. The van der Waals surface area contributed by atoms with Crippen molar-refractivity contribution >= 4 is 35.6 Å². The van der Waals surface area contributed by atoms with Crippen molar-refractivity contribution in [2.24, 2.45) is 11.6 Å². The third kappa shape index (κ3) is 5.58. The Balaban J connectivity index is 0.00000363. The zero-order valence-corrected chi connectivity index (χ0v) is 21.7. The van der Waals surface area contributed by atoms with Crippen LogP contribution in [0.15, 0.2) is 24.3 Å². The fourth-order valence-electron chi connectivity index (χ4n) is 4.10. The monoisotopic (exact) mass is 554 g/mol. The Kier molecular flexibility index (Phi) is 8.64. The number of phenols is 1. The summed E-state index contributed by atoms with van der Waals surface area (Å²) in [5.74, 6) is 7.59. The van der Waals surface area contributed by atoms with Crippen molar-refractivity contribution in [3.63, 3.8) is 0 Å². The van der Waals surface area contributed by atoms with Gasteiger partial charge in [0.2, 0.25) is 5.96 Å². The molecule has 1 aliphatic rings. The van der Waals surface area contributed by atoms with Crippen molar-refractivity contribution in [3.8, 4) is 17.2 Å². The zero-order valence-electron chi connectivity index (χ0n) is 19.3. The Morgan fingerprint density at radius 1 is 1.16 bits per heavy atom. The molecule has 2 aromatic carbocycles. The predicted octanol–water partition coefficient (Wildman–Crippen LogP) is 4.84. The van der Waals surface area contributed by atoms with Crippen LogP contribution in [0.2, 0.25) is 0 Å². The molecular formula is C24H35IN4O3. The van der Waals surface area contributed by atoms with Crippen LogP contribution in [-0.2, 0) is 6.42 Å². The van der Waals surface area contributed by atoms with Gasteiger partial charge in [0, 0.05) is 5.56 Å². The topological polar surface area (TPSA) is 118 Å². The van der Waals surface area contributed by atoms with Crippen molar-refractivity contribution < 1.29 is 14.6 Å². The third-order valence-electron chi connectivity index (χ3n) is 6.34. The number of hydrogen-bond acceptors (Lipinski definition) is 5. The van der Waals surface area contributed by atoms with Gasteiger partial charge in [0.1, 0.15) is 22.8 Å². The van der Waals surface area contributed by atoms with Gasteiger partial charge in [-0.25, -0.2) is 10.9 Å². The number of nitrogens with two attached hydrogens (primary N) is 2. The van der Waals surface area contributed by atoms with E-state index in [9.17, 15) is 5.11 Å². The number of aromatic hydroxyl groups is 1. The van der Waals surface area contributed by atoms with Crippen LogP contribution in [-0.4, -0.2) is 23.3 Å². The van der Waals surface area contributed by atoms with Crippen LogP contribution in [0, 0.1) is 26.2 Å². The molecule has 1 aliphatic heterocycles. The van der Waals surface area contributed by atoms with Gasteiger partial charge in [-0.3, -0.25) is 5.41 Å². The second-order valence-electron chi connectivity index (χ2n) is 8.64. The molecule has 0 radical (unpaired) electrons. The molecule has 0 bridgehead atoms. The zero-order chi connectivity index (χ0) is 22.8. The second-order valence-corrected chi connectivity index (χ2v) is 8.64. The maximum Gasteiger partial charge on any atom is 0.207 e. The van der Waals surface area contributed by atoms with E-state index in [0.717, 1.165) is 70.9 Å². The summed E-state index contributed by atoms with van der Waals surface area (Å²) < 4.78 is 12.3. The van der Waals surface area contributed by atoms with Crippen LogP contribution in [0.25, 0.3) is 0 Å². The highest BCUT2D eigenvalue weighted by Crippen LogP contribution is 2.44. The summed E-state index contributed by atoms with van der Waals surface area (Å²) in [5, 5.41) is 18.8. The van der Waals surface area contributed by atoms with E-state index in [1.54, 1.807) is 12.1 Å². The van der Waals surface area contributed by atoms with Crippen LogP contribution in [0.5, 0.6) is 17.2 Å². The number of guanidine groups is 1. The molecule has 1 heterocycles. The SMILES string of the molecule is Cc1c(C)c2c(c(C)c1O)CCC(C)(CCCCOc1ccc(N(N)C(=N)N)cc1)O2.I. The van der Waals surface area contributed by atoms with E-state index < -0.39 is 0 Å². The van der Waals surface area contributed by atoms with Crippen molar-refractivity contribution in [3.05, 3.63) is 46.5 Å². The number of rotatable bonds is 7. The number of anilines is 1. The first-order valence-corrected chi connectivity index (χ1v) is 10.8. The Morgan fingerprint density at radius 2 is 1.81 bits per heavy atom. The second kappa shape index (κ2) is 10.6. The number of ether oxygens (including phenoxy) is 2. The van der Waals surface area contributed by atoms with E-state index in [-0.39, 0.29) is 35.5 Å². The Morgan fingerprint density at radius 3 is 2.44 bits per heavy atom. The molecule has 176 valence electrons. The summed E-state index contributed by atoms with van der Waals surface area (Å²) in [5.41, 5.74) is 9.84. The first-order chi connectivity index (χ1) is 14.6. The predicted molar refractivity (Wildman–Crippen MR) is 139 cm³/mol. The van der Waals surface area contributed by atoms with Gasteiger partial charge in [-0.15, -0.1) is 24.0 Å². The fourth-order valence-corrected chi connectivity index (χ4v) is 4.10. The highest BCUT2D eigenvalue weighted by Gasteiger charge is 2.34. The Bertz CT molecular complexity index is 965. The van der Waals surface area contributed by atoms with E-state index >= 15 is 0 Å². The van der Waals surface area contributed by atoms with E-state index in [1.165, 1.54) is 0 Å². The van der Waals surface area contributed by atoms with Gasteiger partial charge in [0.25, 0.3) is 0 Å². The lowest BCUT2D eigenvalue weighted by molar-refractivity contribution is 0.0513. The number of hydrogen-bond donors (Lipinski definition) is 4. The van der Waals surface area contributed by atoms with Crippen LogP contribution in [0.3, 0.4) is 0 Å². The summed E-state index contributed by atoms with van der Waals surface area (Å²) in [4.78, 5) is 0. The Labute approximate surface area is 207 Å². The van der Waals surface area contributed by atoms with Gasteiger partial charge < -0.3 is 20.3 Å². The lowest BCUT2D eigenvalue weighted by Crippen LogP contribution is -2.42. The molecule has 1 atom stereocenters. The first-order valence-electron chi connectivity index (χ1n) is 10.8. The maximum atomic E-state index is 10.3. The number of unbranched alkanes of at least 4 members (excludes halogenated alkanes) is 1. The molecular weight excluding hydrogens is 519 g/mol. The molecule has 0 saturated heterocycles. The summed E-state index contributed by atoms with van der Waals surface area (Å²) in [6.45, 7) is 8.75. The van der Waals surface area contributed by atoms with E-state index in [1.807, 2.05) is 32.9 Å². The average Bonchev–Trinajstić information content (AvgIpc) is 2.75. The number of halogens is 1. The minimum atomic E-state index is -0.216. The van der Waals surface area contributed by atoms with Crippen LogP contribution in [0.1, 0.15) is 54.9 Å². The summed E-state index contributed by atoms with van der Waals surface area (Å²) in [6, 6.07) is 7.19. The summed E-state index contributed by atoms with van der Waals surface area (Å²) in [7, 11) is 0. The standard InChI is InChI=1S/C24H34N4O3.HI/c1-15-16(2)22-20(17(3)21(15)29)11-13-24(4,31-22)12-5-6-14-30-19-9-7-18(8-10-19)28(27)23(25)26;/h7-10,29H,5-6,11-14,27H2,1-4H3,(H3,25,26);1H. The average molecular weight is 554 g/mol. The number of fused-ring (bicyclic) bond motifs is 1. The summed E-state index contributed by atoms with van der Waals surface area (Å²) >= 11 is 0. The van der Waals surface area contributed by atoms with Crippen molar-refractivity contribution in [1.82, 2.24) is 0 Å². The largest absolute Gasteiger partial charge is 0.507 e. The molecule has 0 aromatic heterocycles. The van der Waals surface area contributed by atoms with Crippen LogP contribution in [0.4, 0.5) is 5.69 Å². The molecule has 1 unspecified atom stereocenters. The van der Waals surface area contributed by atoms with Crippen molar-refractivity contribution in [1.29, 1.82) is 5.41 Å². The summed E-state index contributed by atoms with van der Waals surface area (Å²) in [6.07, 6.45) is 4.74. The molecule has 0 spiro atoms. The van der Waals surface area contributed by atoms with Crippen LogP contribution >= 0.6 is 24.0 Å². The molecule has 0 fully saturated rings. The van der Waals surface area contributed by atoms with Gasteiger partial charge in [0.05, 0.1) is 12.3 Å². The molecule has 3 rings (SSSR count). The van der Waals surface area contributed by atoms with Crippen molar-refractivity contribution in [2.75, 3.05) is 11.6 Å². The highest BCUT2D eigenvalue weighted by atomic mass is 127. The van der Waals surface area contributed by atoms with E-state index in [2.05, 4.69) is 6.92 Å². The van der Waals surface area contributed by atoms with Crippen LogP contribution < -0.4 is 26.1 Å². The Hall–Kier alpha value is -2.20. The third-order valence-corrected chi connectivity index (χ3v) is 6.34. The molecule has 0 amide bonds. The smallest absolute Gasteiger partial charge is 0.207 e. The number of nitrogens with one attached hydrogen (secondary N) is 1. The first kappa shape index (κ1) is 26.1. The molecule has 8 heteroatoms. The van der Waals surface area contributed by atoms with Gasteiger partial charge in [-0.2, -0.15) is 0 Å². The molecule has 2 aromatic rings. The number of phenolic OH excluding ortho intramolecular Hbond substituents is 1. The van der Waals surface area contributed by atoms with Crippen molar-refractivity contribution in [2.45, 2.75) is 65.4 Å². The number of benzene rings is 2. The number of nitrogens with zero attached hydrogens (tertiary/aromatic N) is 1. The quantitative estimate of drug-likeness (QED) is 0.0972. The van der Waals surface area contributed by atoms with E-state index in [0.29, 0.717) is 18.0 Å². The lowest BCUT2D eigenvalue weighted by atomic mass is 9.85. The molecule has 6 N–H and O–H groups in total. The minimum absolute atomic E-state index is 0. The normalized spacial score (nSPS) is 17.0. The van der Waals surface area contributed by atoms with Gasteiger partial charge in [-0.05, 0) is 101 Å². The molecule has 32 heavy (non-hydrogen) atoms. The lowest BCUT2D eigenvalue weighted by Gasteiger charge is -2.38. The van der Waals surface area contributed by atoms with E-state index in [4.69, 9.17) is 26.5 Å². The maximum absolute atomic E-state index is 10.3. The number of hydrazine groups is 1. The highest BCUT2D eigenvalue weighted by molar-refractivity contribution is 14.0. The van der Waals surface area contributed by atoms with Gasteiger partial charge in [0.15, 0.2) is 0 Å². The molecule has 0 saturated carbocycles. The van der Waals surface area contributed by atoms with Gasteiger partial charge >= 0.3 is 0 Å². The van der Waals surface area contributed by atoms with Gasteiger partial charge in [-0.1, -0.05) is 0 Å². The molecule has 0 aliphatic carbocycles.